The second-order valence-electron chi connectivity index (χ2n) is 3.15. The number of halogens is 3. The summed E-state index contributed by atoms with van der Waals surface area (Å²) in [6, 6.07) is 5.09. The normalized spacial score (nSPS) is 13.6. The molecule has 0 heterocycles. The van der Waals surface area contributed by atoms with Gasteiger partial charge in [0, 0.05) is 12.7 Å². The van der Waals surface area contributed by atoms with Crippen LogP contribution in [0.15, 0.2) is 24.3 Å². The van der Waals surface area contributed by atoms with Gasteiger partial charge >= 0.3 is 6.36 Å². The summed E-state index contributed by atoms with van der Waals surface area (Å²) in [6.07, 6.45) is -4.72. The van der Waals surface area contributed by atoms with Gasteiger partial charge in [-0.15, -0.1) is 13.2 Å². The summed E-state index contributed by atoms with van der Waals surface area (Å²) in [7, 11) is 1.42. The maximum absolute atomic E-state index is 12.1. The molecule has 1 aromatic carbocycles. The molecule has 0 aliphatic carbocycles. The van der Waals surface area contributed by atoms with Crippen LogP contribution in [0.4, 0.5) is 13.2 Å². The van der Waals surface area contributed by atoms with Gasteiger partial charge in [-0.2, -0.15) is 0 Å². The van der Waals surface area contributed by atoms with Crippen LogP contribution in [0.3, 0.4) is 0 Å². The maximum atomic E-state index is 12.1. The van der Waals surface area contributed by atoms with Gasteiger partial charge in [-0.05, 0) is 6.07 Å². The third-order valence-electron chi connectivity index (χ3n) is 1.89. The van der Waals surface area contributed by atoms with Crippen molar-refractivity contribution in [1.29, 1.82) is 0 Å². The molecular formula is C10H12F3NO2. The second-order valence-corrected chi connectivity index (χ2v) is 3.15. The Kier molecular flexibility index (Phi) is 4.14. The van der Waals surface area contributed by atoms with E-state index in [4.69, 9.17) is 10.5 Å². The lowest BCUT2D eigenvalue weighted by molar-refractivity contribution is -0.275. The summed E-state index contributed by atoms with van der Waals surface area (Å²) in [5.41, 5.74) is 5.92. The number of nitrogens with two attached hydrogens (primary N) is 1. The largest absolute Gasteiger partial charge is 0.573 e. The molecule has 1 atom stereocenters. The standard InChI is InChI=1S/C10H12F3NO2/c1-15-6-8(14)7-4-2-3-5-9(7)16-10(11,12)13/h2-5,8H,6,14H2,1H3/t8-/m1/s1. The van der Waals surface area contributed by atoms with E-state index in [2.05, 4.69) is 4.74 Å². The summed E-state index contributed by atoms with van der Waals surface area (Å²) >= 11 is 0. The van der Waals surface area contributed by atoms with Crippen molar-refractivity contribution in [3.05, 3.63) is 29.8 Å². The molecule has 16 heavy (non-hydrogen) atoms. The van der Waals surface area contributed by atoms with E-state index in [0.29, 0.717) is 0 Å². The summed E-state index contributed by atoms with van der Waals surface area (Å²) < 4.78 is 44.9. The van der Waals surface area contributed by atoms with E-state index in [1.807, 2.05) is 0 Å². The zero-order valence-corrected chi connectivity index (χ0v) is 8.62. The fourth-order valence-electron chi connectivity index (χ4n) is 1.27. The summed E-state index contributed by atoms with van der Waals surface area (Å²) in [5.74, 6) is -0.292. The minimum absolute atomic E-state index is 0.123. The van der Waals surface area contributed by atoms with Crippen molar-refractivity contribution < 1.29 is 22.6 Å². The zero-order chi connectivity index (χ0) is 12.2. The van der Waals surface area contributed by atoms with Crippen molar-refractivity contribution in [3.63, 3.8) is 0 Å². The number of hydrogen-bond acceptors (Lipinski definition) is 3. The Morgan fingerprint density at radius 3 is 2.50 bits per heavy atom. The van der Waals surface area contributed by atoms with Gasteiger partial charge < -0.3 is 15.2 Å². The number of hydrogen-bond donors (Lipinski definition) is 1. The molecule has 0 amide bonds. The number of methoxy groups -OCH3 is 1. The molecule has 0 unspecified atom stereocenters. The lowest BCUT2D eigenvalue weighted by Gasteiger charge is -2.17. The Balaban J connectivity index is 2.91. The van der Waals surface area contributed by atoms with Crippen molar-refractivity contribution in [2.24, 2.45) is 5.73 Å². The van der Waals surface area contributed by atoms with Crippen molar-refractivity contribution in [2.45, 2.75) is 12.4 Å². The molecule has 90 valence electrons. The Morgan fingerprint density at radius 2 is 1.94 bits per heavy atom. The predicted molar refractivity (Wildman–Crippen MR) is 51.9 cm³/mol. The number of ether oxygens (including phenoxy) is 2. The summed E-state index contributed by atoms with van der Waals surface area (Å²) in [6.45, 7) is 0.123. The molecule has 0 bridgehead atoms. The highest BCUT2D eigenvalue weighted by atomic mass is 19.4. The first-order valence-corrected chi connectivity index (χ1v) is 4.53. The molecule has 1 aromatic rings. The van der Waals surface area contributed by atoms with Gasteiger partial charge in [0.25, 0.3) is 0 Å². The zero-order valence-electron chi connectivity index (χ0n) is 8.62. The summed E-state index contributed by atoms with van der Waals surface area (Å²) in [4.78, 5) is 0. The smallest absolute Gasteiger partial charge is 0.405 e. The van der Waals surface area contributed by atoms with Crippen LogP contribution < -0.4 is 10.5 Å². The third-order valence-corrected chi connectivity index (χ3v) is 1.89. The minimum Gasteiger partial charge on any atom is -0.405 e. The molecule has 0 spiro atoms. The van der Waals surface area contributed by atoms with E-state index in [-0.39, 0.29) is 17.9 Å². The molecule has 0 saturated carbocycles. The quantitative estimate of drug-likeness (QED) is 0.870. The summed E-state index contributed by atoms with van der Waals surface area (Å²) in [5, 5.41) is 0. The average Bonchev–Trinajstić information content (AvgIpc) is 2.16. The van der Waals surface area contributed by atoms with E-state index in [9.17, 15) is 13.2 Å². The van der Waals surface area contributed by atoms with Gasteiger partial charge in [-0.3, -0.25) is 0 Å². The van der Waals surface area contributed by atoms with Crippen LogP contribution in [-0.2, 0) is 4.74 Å². The van der Waals surface area contributed by atoms with Crippen LogP contribution >= 0.6 is 0 Å². The molecule has 1 rings (SSSR count). The molecular weight excluding hydrogens is 223 g/mol. The highest BCUT2D eigenvalue weighted by Gasteiger charge is 2.32. The Morgan fingerprint density at radius 1 is 1.31 bits per heavy atom. The Bertz CT molecular complexity index is 341. The fraction of sp³-hybridized carbons (Fsp3) is 0.400. The van der Waals surface area contributed by atoms with Crippen molar-refractivity contribution in [1.82, 2.24) is 0 Å². The minimum atomic E-state index is -4.72. The Labute approximate surface area is 91.0 Å². The lowest BCUT2D eigenvalue weighted by atomic mass is 10.1. The SMILES string of the molecule is COC[C@@H](N)c1ccccc1OC(F)(F)F. The average molecular weight is 235 g/mol. The molecule has 2 N–H and O–H groups in total. The van der Waals surface area contributed by atoms with Gasteiger partial charge in [0.1, 0.15) is 5.75 Å². The first-order valence-electron chi connectivity index (χ1n) is 4.53. The highest BCUT2D eigenvalue weighted by Crippen LogP contribution is 2.29. The molecule has 0 radical (unpaired) electrons. The van der Waals surface area contributed by atoms with Gasteiger partial charge in [-0.1, -0.05) is 18.2 Å². The molecule has 0 aliphatic heterocycles. The van der Waals surface area contributed by atoms with Crippen LogP contribution in [0, 0.1) is 0 Å². The highest BCUT2D eigenvalue weighted by molar-refractivity contribution is 5.35. The van der Waals surface area contributed by atoms with E-state index in [0.717, 1.165) is 0 Å². The van der Waals surface area contributed by atoms with Crippen LogP contribution in [0.1, 0.15) is 11.6 Å². The third kappa shape index (κ3) is 3.71. The maximum Gasteiger partial charge on any atom is 0.573 e. The molecule has 6 heteroatoms. The topological polar surface area (TPSA) is 44.5 Å². The van der Waals surface area contributed by atoms with E-state index in [1.165, 1.54) is 25.3 Å². The predicted octanol–water partition coefficient (Wildman–Crippen LogP) is 2.23. The molecule has 0 aliphatic rings. The van der Waals surface area contributed by atoms with E-state index >= 15 is 0 Å². The van der Waals surface area contributed by atoms with Crippen molar-refractivity contribution in [2.75, 3.05) is 13.7 Å². The molecule has 3 nitrogen and oxygen atoms in total. The van der Waals surface area contributed by atoms with Gasteiger partial charge in [0.15, 0.2) is 0 Å². The van der Waals surface area contributed by atoms with Crippen molar-refractivity contribution >= 4 is 0 Å². The Hall–Kier alpha value is -1.27. The number of alkyl halides is 3. The van der Waals surface area contributed by atoms with E-state index in [1.54, 1.807) is 6.07 Å². The second kappa shape index (κ2) is 5.18. The molecule has 0 fully saturated rings. The van der Waals surface area contributed by atoms with Crippen molar-refractivity contribution in [3.8, 4) is 5.75 Å². The molecule has 0 aromatic heterocycles. The number of benzene rings is 1. The molecule has 0 saturated heterocycles. The van der Waals surface area contributed by atoms with Crippen LogP contribution in [0.5, 0.6) is 5.75 Å². The number of rotatable bonds is 4. The van der Waals surface area contributed by atoms with Crippen LogP contribution in [-0.4, -0.2) is 20.1 Å². The van der Waals surface area contributed by atoms with Gasteiger partial charge in [0.2, 0.25) is 0 Å². The monoisotopic (exact) mass is 235 g/mol. The fourth-order valence-corrected chi connectivity index (χ4v) is 1.27. The van der Waals surface area contributed by atoms with Crippen LogP contribution in [0.25, 0.3) is 0 Å². The van der Waals surface area contributed by atoms with Crippen LogP contribution in [0.2, 0.25) is 0 Å². The first-order chi connectivity index (χ1) is 7.44. The van der Waals surface area contributed by atoms with Gasteiger partial charge in [0.05, 0.1) is 12.6 Å². The first kappa shape index (κ1) is 12.8. The van der Waals surface area contributed by atoms with Gasteiger partial charge in [-0.25, -0.2) is 0 Å². The number of para-hydroxylation sites is 1. The van der Waals surface area contributed by atoms with E-state index < -0.39 is 12.4 Å². The lowest BCUT2D eigenvalue weighted by Crippen LogP contribution is -2.22.